The number of nitrogens with one attached hydrogen (secondary N) is 1. The largest absolute Gasteiger partial charge is 0.315 e. The van der Waals surface area contributed by atoms with Crippen molar-refractivity contribution in [2.75, 3.05) is 18.8 Å². The molecule has 1 rings (SSSR count). The maximum Gasteiger partial charge on any atom is 0.153 e. The van der Waals surface area contributed by atoms with E-state index in [0.717, 1.165) is 18.5 Å². The highest BCUT2D eigenvalue weighted by Gasteiger charge is 2.14. The van der Waals surface area contributed by atoms with E-state index in [2.05, 4.69) is 10.3 Å². The zero-order valence-electron chi connectivity index (χ0n) is 10.4. The van der Waals surface area contributed by atoms with Gasteiger partial charge in [-0.3, -0.25) is 4.98 Å². The molecule has 0 amide bonds. The van der Waals surface area contributed by atoms with Gasteiger partial charge in [-0.05, 0) is 38.4 Å². The van der Waals surface area contributed by atoms with Crippen LogP contribution < -0.4 is 5.32 Å². The van der Waals surface area contributed by atoms with E-state index in [1.54, 1.807) is 20.0 Å². The Morgan fingerprint density at radius 2 is 2.12 bits per heavy atom. The molecule has 0 fully saturated rings. The summed E-state index contributed by atoms with van der Waals surface area (Å²) in [5, 5.41) is 2.85. The molecule has 0 spiro atoms. The van der Waals surface area contributed by atoms with E-state index in [1.165, 1.54) is 0 Å². The normalized spacial score (nSPS) is 11.9. The standard InChI is InChI=1S/C12H20N2O2S/c1-11(2)17(15,16)9-8-13-7-5-12-4-3-6-14-10-12/h3-4,6,10-11,13H,5,7-9H2,1-2H3. The molecule has 1 aromatic heterocycles. The Balaban J connectivity index is 2.18. The highest BCUT2D eigenvalue weighted by molar-refractivity contribution is 7.92. The van der Waals surface area contributed by atoms with Crippen molar-refractivity contribution in [1.29, 1.82) is 0 Å². The molecule has 0 radical (unpaired) electrons. The van der Waals surface area contributed by atoms with E-state index in [4.69, 9.17) is 0 Å². The van der Waals surface area contributed by atoms with Crippen LogP contribution in [0.15, 0.2) is 24.5 Å². The average Bonchev–Trinajstić information content (AvgIpc) is 2.29. The van der Waals surface area contributed by atoms with E-state index in [9.17, 15) is 8.42 Å². The van der Waals surface area contributed by atoms with Gasteiger partial charge < -0.3 is 5.32 Å². The first-order chi connectivity index (χ1) is 8.02. The summed E-state index contributed by atoms with van der Waals surface area (Å²) in [5.41, 5.74) is 1.16. The zero-order valence-corrected chi connectivity index (χ0v) is 11.2. The Kier molecular flexibility index (Phi) is 5.58. The molecule has 0 saturated heterocycles. The van der Waals surface area contributed by atoms with Crippen LogP contribution in [0.5, 0.6) is 0 Å². The fraction of sp³-hybridized carbons (Fsp3) is 0.583. The fourth-order valence-electron chi connectivity index (χ4n) is 1.35. The minimum atomic E-state index is -2.92. The molecule has 0 unspecified atom stereocenters. The first-order valence-corrected chi connectivity index (χ1v) is 7.55. The molecule has 1 heterocycles. The number of aromatic nitrogens is 1. The number of hydrogen-bond donors (Lipinski definition) is 1. The van der Waals surface area contributed by atoms with Gasteiger partial charge in [0.25, 0.3) is 0 Å². The average molecular weight is 256 g/mol. The number of rotatable bonds is 7. The molecule has 0 aliphatic heterocycles. The smallest absolute Gasteiger partial charge is 0.153 e. The Morgan fingerprint density at radius 1 is 1.35 bits per heavy atom. The SMILES string of the molecule is CC(C)S(=O)(=O)CCNCCc1cccnc1. The van der Waals surface area contributed by atoms with Crippen LogP contribution >= 0.6 is 0 Å². The van der Waals surface area contributed by atoms with E-state index in [0.29, 0.717) is 6.54 Å². The van der Waals surface area contributed by atoms with Gasteiger partial charge in [-0.1, -0.05) is 6.07 Å². The van der Waals surface area contributed by atoms with Crippen LogP contribution in [0, 0.1) is 0 Å². The second kappa shape index (κ2) is 6.71. The predicted molar refractivity (Wildman–Crippen MR) is 69.7 cm³/mol. The van der Waals surface area contributed by atoms with Crippen molar-refractivity contribution in [3.05, 3.63) is 30.1 Å². The Morgan fingerprint density at radius 3 is 2.71 bits per heavy atom. The highest BCUT2D eigenvalue weighted by atomic mass is 32.2. The summed E-state index contributed by atoms with van der Waals surface area (Å²) in [4.78, 5) is 4.02. The molecule has 4 nitrogen and oxygen atoms in total. The van der Waals surface area contributed by atoms with Gasteiger partial charge in [0.05, 0.1) is 11.0 Å². The van der Waals surface area contributed by atoms with Crippen molar-refractivity contribution >= 4 is 9.84 Å². The van der Waals surface area contributed by atoms with Gasteiger partial charge in [-0.15, -0.1) is 0 Å². The van der Waals surface area contributed by atoms with Crippen molar-refractivity contribution < 1.29 is 8.42 Å². The summed E-state index contributed by atoms with van der Waals surface area (Å²) >= 11 is 0. The molecule has 17 heavy (non-hydrogen) atoms. The molecule has 0 bridgehead atoms. The van der Waals surface area contributed by atoms with E-state index >= 15 is 0 Å². The predicted octanol–water partition coefficient (Wildman–Crippen LogP) is 1.04. The van der Waals surface area contributed by atoms with Gasteiger partial charge in [-0.2, -0.15) is 0 Å². The quantitative estimate of drug-likeness (QED) is 0.740. The summed E-state index contributed by atoms with van der Waals surface area (Å²) < 4.78 is 23.0. The minimum Gasteiger partial charge on any atom is -0.315 e. The molecule has 0 aromatic carbocycles. The van der Waals surface area contributed by atoms with Crippen molar-refractivity contribution in [2.24, 2.45) is 0 Å². The van der Waals surface area contributed by atoms with Gasteiger partial charge >= 0.3 is 0 Å². The maximum absolute atomic E-state index is 11.5. The number of sulfone groups is 1. The van der Waals surface area contributed by atoms with Gasteiger partial charge in [0, 0.05) is 18.9 Å². The van der Waals surface area contributed by atoms with Crippen LogP contribution in [0.3, 0.4) is 0 Å². The molecular weight excluding hydrogens is 236 g/mol. The van der Waals surface area contributed by atoms with Gasteiger partial charge in [0.2, 0.25) is 0 Å². The summed E-state index contributed by atoms with van der Waals surface area (Å²) in [7, 11) is -2.92. The van der Waals surface area contributed by atoms with Crippen molar-refractivity contribution in [3.63, 3.8) is 0 Å². The van der Waals surface area contributed by atoms with Gasteiger partial charge in [0.15, 0.2) is 9.84 Å². The Hall–Kier alpha value is -0.940. The van der Waals surface area contributed by atoms with E-state index < -0.39 is 9.84 Å². The molecule has 1 aromatic rings. The molecule has 96 valence electrons. The topological polar surface area (TPSA) is 59.1 Å². The number of hydrogen-bond acceptors (Lipinski definition) is 4. The van der Waals surface area contributed by atoms with Gasteiger partial charge in [-0.25, -0.2) is 8.42 Å². The summed E-state index contributed by atoms with van der Waals surface area (Å²) in [6.07, 6.45) is 4.44. The first-order valence-electron chi connectivity index (χ1n) is 5.83. The monoisotopic (exact) mass is 256 g/mol. The molecule has 0 atom stereocenters. The van der Waals surface area contributed by atoms with E-state index in [-0.39, 0.29) is 11.0 Å². The van der Waals surface area contributed by atoms with E-state index in [1.807, 2.05) is 18.3 Å². The highest BCUT2D eigenvalue weighted by Crippen LogP contribution is 1.99. The molecule has 5 heteroatoms. The molecule has 0 aliphatic carbocycles. The third kappa shape index (κ3) is 5.28. The molecule has 0 aliphatic rings. The van der Waals surface area contributed by atoms with Crippen molar-refractivity contribution in [3.8, 4) is 0 Å². The molecule has 0 saturated carbocycles. The third-order valence-electron chi connectivity index (χ3n) is 2.59. The Labute approximate surface area is 103 Å². The van der Waals surface area contributed by atoms with Crippen molar-refractivity contribution in [1.82, 2.24) is 10.3 Å². The van der Waals surface area contributed by atoms with Gasteiger partial charge in [0.1, 0.15) is 0 Å². The van der Waals surface area contributed by atoms with Crippen LogP contribution in [-0.4, -0.2) is 37.5 Å². The van der Waals surface area contributed by atoms with Crippen LogP contribution in [0.2, 0.25) is 0 Å². The minimum absolute atomic E-state index is 0.206. The van der Waals surface area contributed by atoms with Crippen LogP contribution in [0.4, 0.5) is 0 Å². The van der Waals surface area contributed by atoms with Crippen LogP contribution in [0.25, 0.3) is 0 Å². The lowest BCUT2D eigenvalue weighted by molar-refractivity contribution is 0.582. The summed E-state index contributed by atoms with van der Waals surface area (Å²) in [6.45, 7) is 4.72. The summed E-state index contributed by atoms with van der Waals surface area (Å²) in [5.74, 6) is 0.206. The van der Waals surface area contributed by atoms with Crippen LogP contribution in [-0.2, 0) is 16.3 Å². The summed E-state index contributed by atoms with van der Waals surface area (Å²) in [6, 6.07) is 3.91. The molecular formula is C12H20N2O2S. The Bertz CT molecular complexity index is 415. The zero-order chi connectivity index (χ0) is 12.7. The number of pyridine rings is 1. The number of nitrogens with zero attached hydrogens (tertiary/aromatic N) is 1. The van der Waals surface area contributed by atoms with Crippen molar-refractivity contribution in [2.45, 2.75) is 25.5 Å². The lowest BCUT2D eigenvalue weighted by Gasteiger charge is -2.08. The molecule has 1 N–H and O–H groups in total. The lowest BCUT2D eigenvalue weighted by Crippen LogP contribution is -2.28. The second-order valence-electron chi connectivity index (χ2n) is 4.28. The maximum atomic E-state index is 11.5. The fourth-order valence-corrected chi connectivity index (χ4v) is 2.25. The van der Waals surface area contributed by atoms with Crippen LogP contribution in [0.1, 0.15) is 19.4 Å². The first kappa shape index (κ1) is 14.1. The lowest BCUT2D eigenvalue weighted by atomic mass is 10.2. The third-order valence-corrected chi connectivity index (χ3v) is 4.80. The second-order valence-corrected chi connectivity index (χ2v) is 6.95.